The molecule has 0 spiro atoms. The first-order valence-corrected chi connectivity index (χ1v) is 8.03. The standard InChI is InChI=1S/C20H23NO4/c1-5-16-12-20(3,18(22)24-4)21(13-17(16)6-2)19(23)25-14-15-10-8-7-9-11-15/h5-12H,1,13-14H2,2-4H3/b17-6+. The largest absolute Gasteiger partial charge is 0.467 e. The third-order valence-electron chi connectivity index (χ3n) is 4.29. The van der Waals surface area contributed by atoms with Crippen molar-refractivity contribution in [3.8, 4) is 0 Å². The predicted octanol–water partition coefficient (Wildman–Crippen LogP) is 3.63. The van der Waals surface area contributed by atoms with Crippen molar-refractivity contribution in [2.24, 2.45) is 0 Å². The van der Waals surface area contributed by atoms with E-state index in [1.54, 1.807) is 19.1 Å². The lowest BCUT2D eigenvalue weighted by molar-refractivity contribution is -0.150. The Morgan fingerprint density at radius 3 is 2.56 bits per heavy atom. The Morgan fingerprint density at radius 1 is 1.32 bits per heavy atom. The lowest BCUT2D eigenvalue weighted by atomic mass is 9.88. The highest BCUT2D eigenvalue weighted by molar-refractivity contribution is 5.89. The van der Waals surface area contributed by atoms with Gasteiger partial charge in [-0.15, -0.1) is 0 Å². The third-order valence-corrected chi connectivity index (χ3v) is 4.29. The Labute approximate surface area is 148 Å². The van der Waals surface area contributed by atoms with E-state index in [1.165, 1.54) is 12.0 Å². The number of rotatable bonds is 4. The van der Waals surface area contributed by atoms with Crippen LogP contribution in [-0.2, 0) is 20.9 Å². The van der Waals surface area contributed by atoms with Crippen molar-refractivity contribution in [2.45, 2.75) is 26.0 Å². The van der Waals surface area contributed by atoms with Crippen LogP contribution in [0.4, 0.5) is 4.79 Å². The number of carbonyl (C=O) groups excluding carboxylic acids is 2. The SMILES string of the molecule is C=CC1=CC(C)(C(=O)OC)N(C(=O)OCc2ccccc2)C/C1=C\C. The zero-order chi connectivity index (χ0) is 18.4. The van der Waals surface area contributed by atoms with Crippen molar-refractivity contribution in [3.05, 3.63) is 71.8 Å². The smallest absolute Gasteiger partial charge is 0.411 e. The Kier molecular flexibility index (Phi) is 5.80. The van der Waals surface area contributed by atoms with E-state index in [1.807, 2.05) is 43.3 Å². The molecule has 25 heavy (non-hydrogen) atoms. The van der Waals surface area contributed by atoms with Gasteiger partial charge in [0, 0.05) is 0 Å². The highest BCUT2D eigenvalue weighted by Gasteiger charge is 2.45. The number of hydrogen-bond donors (Lipinski definition) is 0. The van der Waals surface area contributed by atoms with E-state index in [2.05, 4.69) is 6.58 Å². The molecule has 1 atom stereocenters. The molecule has 5 heteroatoms. The van der Waals surface area contributed by atoms with Crippen molar-refractivity contribution < 1.29 is 19.1 Å². The van der Waals surface area contributed by atoms with E-state index in [-0.39, 0.29) is 13.2 Å². The summed E-state index contributed by atoms with van der Waals surface area (Å²) in [5, 5.41) is 0. The summed E-state index contributed by atoms with van der Waals surface area (Å²) < 4.78 is 10.3. The molecule has 0 radical (unpaired) electrons. The number of methoxy groups -OCH3 is 1. The average Bonchev–Trinajstić information content (AvgIpc) is 2.65. The normalized spacial score (nSPS) is 21.5. The van der Waals surface area contributed by atoms with E-state index >= 15 is 0 Å². The number of ether oxygens (including phenoxy) is 2. The summed E-state index contributed by atoms with van der Waals surface area (Å²) in [6.07, 6.45) is 4.68. The van der Waals surface area contributed by atoms with Crippen molar-refractivity contribution in [1.82, 2.24) is 4.90 Å². The Morgan fingerprint density at radius 2 is 2.00 bits per heavy atom. The minimum absolute atomic E-state index is 0.136. The minimum atomic E-state index is -1.25. The van der Waals surface area contributed by atoms with Gasteiger partial charge in [-0.05, 0) is 36.6 Å². The second-order valence-electron chi connectivity index (χ2n) is 5.88. The molecule has 132 valence electrons. The van der Waals surface area contributed by atoms with Gasteiger partial charge in [0.1, 0.15) is 6.61 Å². The number of nitrogens with zero attached hydrogens (tertiary/aromatic N) is 1. The molecule has 1 unspecified atom stereocenters. The predicted molar refractivity (Wildman–Crippen MR) is 95.8 cm³/mol. The maximum Gasteiger partial charge on any atom is 0.411 e. The minimum Gasteiger partial charge on any atom is -0.467 e. The maximum atomic E-state index is 12.7. The van der Waals surface area contributed by atoms with Gasteiger partial charge in [0.25, 0.3) is 0 Å². The van der Waals surface area contributed by atoms with Gasteiger partial charge in [0.2, 0.25) is 0 Å². The molecule has 1 amide bonds. The summed E-state index contributed by atoms with van der Waals surface area (Å²) in [6.45, 7) is 7.68. The van der Waals surface area contributed by atoms with Crippen LogP contribution in [0.1, 0.15) is 19.4 Å². The first-order chi connectivity index (χ1) is 12.0. The van der Waals surface area contributed by atoms with Gasteiger partial charge in [-0.2, -0.15) is 0 Å². The number of hydrogen-bond acceptors (Lipinski definition) is 4. The number of carbonyl (C=O) groups is 2. The molecular formula is C20H23NO4. The van der Waals surface area contributed by atoms with Crippen LogP contribution < -0.4 is 0 Å². The van der Waals surface area contributed by atoms with Crippen LogP contribution in [0.15, 0.2) is 66.3 Å². The van der Waals surface area contributed by atoms with Gasteiger partial charge >= 0.3 is 12.1 Å². The quantitative estimate of drug-likeness (QED) is 0.785. The Balaban J connectivity index is 2.29. The molecule has 1 aliphatic rings. The number of esters is 1. The third kappa shape index (κ3) is 3.82. The Hall–Kier alpha value is -2.82. The van der Waals surface area contributed by atoms with Gasteiger partial charge in [-0.1, -0.05) is 49.1 Å². The number of allylic oxidation sites excluding steroid dienone is 2. The number of benzene rings is 1. The van der Waals surface area contributed by atoms with E-state index in [4.69, 9.17) is 9.47 Å². The molecule has 0 aliphatic carbocycles. The fourth-order valence-corrected chi connectivity index (χ4v) is 2.77. The summed E-state index contributed by atoms with van der Waals surface area (Å²) in [5.74, 6) is -0.529. The van der Waals surface area contributed by atoms with Gasteiger partial charge in [0.05, 0.1) is 13.7 Å². The van der Waals surface area contributed by atoms with E-state index < -0.39 is 17.6 Å². The van der Waals surface area contributed by atoms with Gasteiger partial charge in [0.15, 0.2) is 5.54 Å². The first-order valence-electron chi connectivity index (χ1n) is 8.03. The molecule has 1 heterocycles. The van der Waals surface area contributed by atoms with Crippen molar-refractivity contribution in [3.63, 3.8) is 0 Å². The molecule has 5 nitrogen and oxygen atoms in total. The van der Waals surface area contributed by atoms with Crippen LogP contribution in [0.25, 0.3) is 0 Å². The first kappa shape index (κ1) is 18.5. The van der Waals surface area contributed by atoms with Gasteiger partial charge in [-0.3, -0.25) is 4.90 Å². The molecule has 1 aliphatic heterocycles. The number of amides is 1. The van der Waals surface area contributed by atoms with Crippen LogP contribution in [0.5, 0.6) is 0 Å². The molecule has 0 bridgehead atoms. The second kappa shape index (κ2) is 7.83. The summed E-state index contributed by atoms with van der Waals surface area (Å²) in [6, 6.07) is 9.38. The van der Waals surface area contributed by atoms with E-state index in [9.17, 15) is 9.59 Å². The fraction of sp³-hybridized carbons (Fsp3) is 0.300. The maximum absolute atomic E-state index is 12.7. The molecule has 0 aromatic heterocycles. The van der Waals surface area contributed by atoms with Crippen LogP contribution in [-0.4, -0.2) is 36.2 Å². The highest BCUT2D eigenvalue weighted by atomic mass is 16.6. The van der Waals surface area contributed by atoms with E-state index in [0.29, 0.717) is 0 Å². The highest BCUT2D eigenvalue weighted by Crippen LogP contribution is 2.31. The van der Waals surface area contributed by atoms with Crippen molar-refractivity contribution in [1.29, 1.82) is 0 Å². The monoisotopic (exact) mass is 341 g/mol. The summed E-state index contributed by atoms with van der Waals surface area (Å²) >= 11 is 0. The molecular weight excluding hydrogens is 318 g/mol. The molecule has 1 aromatic rings. The van der Waals surface area contributed by atoms with Crippen LogP contribution >= 0.6 is 0 Å². The topological polar surface area (TPSA) is 55.8 Å². The van der Waals surface area contributed by atoms with Crippen LogP contribution in [0, 0.1) is 0 Å². The lowest BCUT2D eigenvalue weighted by Gasteiger charge is -2.40. The molecule has 0 saturated carbocycles. The van der Waals surface area contributed by atoms with Crippen LogP contribution in [0.2, 0.25) is 0 Å². The summed E-state index contributed by atoms with van der Waals surface area (Å²) in [7, 11) is 1.30. The molecule has 0 saturated heterocycles. The Bertz CT molecular complexity index is 720. The van der Waals surface area contributed by atoms with Crippen LogP contribution in [0.3, 0.4) is 0 Å². The van der Waals surface area contributed by atoms with Gasteiger partial charge in [-0.25, -0.2) is 9.59 Å². The van der Waals surface area contributed by atoms with Crippen molar-refractivity contribution >= 4 is 12.1 Å². The van der Waals surface area contributed by atoms with Gasteiger partial charge < -0.3 is 9.47 Å². The zero-order valence-electron chi connectivity index (χ0n) is 14.8. The second-order valence-corrected chi connectivity index (χ2v) is 5.88. The summed E-state index contributed by atoms with van der Waals surface area (Å²) in [5.41, 5.74) is 1.33. The molecule has 1 aromatic carbocycles. The average molecular weight is 341 g/mol. The lowest BCUT2D eigenvalue weighted by Crippen LogP contribution is -2.57. The zero-order valence-corrected chi connectivity index (χ0v) is 14.8. The fourth-order valence-electron chi connectivity index (χ4n) is 2.77. The van der Waals surface area contributed by atoms with E-state index in [0.717, 1.165) is 16.7 Å². The summed E-state index contributed by atoms with van der Waals surface area (Å²) in [4.78, 5) is 26.4. The molecule has 2 rings (SSSR count). The molecule has 0 N–H and O–H groups in total. The molecule has 0 fully saturated rings. The van der Waals surface area contributed by atoms with Crippen molar-refractivity contribution in [2.75, 3.05) is 13.7 Å².